The fourth-order valence-corrected chi connectivity index (χ4v) is 2.74. The monoisotopic (exact) mass is 372 g/mol. The van der Waals surface area contributed by atoms with E-state index >= 15 is 0 Å². The van der Waals surface area contributed by atoms with Gasteiger partial charge in [-0.05, 0) is 51.6 Å². The van der Waals surface area contributed by atoms with Crippen molar-refractivity contribution in [1.29, 1.82) is 0 Å². The predicted molar refractivity (Wildman–Crippen MR) is 92.3 cm³/mol. The second kappa shape index (κ2) is 11.4. The summed E-state index contributed by atoms with van der Waals surface area (Å²) >= 11 is 0. The van der Waals surface area contributed by atoms with Gasteiger partial charge in [0.2, 0.25) is 11.8 Å². The molecule has 26 heavy (non-hydrogen) atoms. The molecule has 3 atom stereocenters. The van der Waals surface area contributed by atoms with Gasteiger partial charge < -0.3 is 31.9 Å². The first kappa shape index (κ1) is 21.8. The molecule has 10 nitrogen and oxygen atoms in total. The van der Waals surface area contributed by atoms with E-state index in [-0.39, 0.29) is 24.8 Å². The van der Waals surface area contributed by atoms with Crippen LogP contribution in [0.25, 0.3) is 0 Å². The highest BCUT2D eigenvalue weighted by Gasteiger charge is 2.29. The maximum absolute atomic E-state index is 12.5. The number of aliphatic carboxylic acids is 2. The molecule has 0 aromatic carbocycles. The lowest BCUT2D eigenvalue weighted by Crippen LogP contribution is -2.54. The Kier molecular flexibility index (Phi) is 9.60. The summed E-state index contributed by atoms with van der Waals surface area (Å²) in [6, 6.07) is -2.57. The van der Waals surface area contributed by atoms with Crippen LogP contribution in [0.5, 0.6) is 0 Å². The zero-order valence-electron chi connectivity index (χ0n) is 14.7. The van der Waals surface area contributed by atoms with Crippen LogP contribution in [0.15, 0.2) is 0 Å². The van der Waals surface area contributed by atoms with Gasteiger partial charge in [0.05, 0.1) is 6.04 Å². The van der Waals surface area contributed by atoms with Crippen LogP contribution in [-0.2, 0) is 19.2 Å². The average Bonchev–Trinajstić information content (AvgIpc) is 3.11. The molecule has 0 aromatic heterocycles. The molecule has 1 aliphatic heterocycles. The lowest BCUT2D eigenvalue weighted by Gasteiger charge is -2.22. The fourth-order valence-electron chi connectivity index (χ4n) is 2.74. The molecule has 0 saturated carbocycles. The quantitative estimate of drug-likeness (QED) is 0.232. The van der Waals surface area contributed by atoms with Crippen LogP contribution in [0.1, 0.15) is 44.9 Å². The van der Waals surface area contributed by atoms with Crippen molar-refractivity contribution in [3.63, 3.8) is 0 Å². The van der Waals surface area contributed by atoms with Crippen LogP contribution in [0, 0.1) is 0 Å². The van der Waals surface area contributed by atoms with Crippen molar-refractivity contribution < 1.29 is 29.4 Å². The highest BCUT2D eigenvalue weighted by atomic mass is 16.4. The van der Waals surface area contributed by atoms with Gasteiger partial charge in [-0.15, -0.1) is 0 Å². The summed E-state index contributed by atoms with van der Waals surface area (Å²) in [4.78, 5) is 46.6. The molecule has 1 rings (SSSR count). The number of hydrogen-bond acceptors (Lipinski definition) is 6. The molecule has 0 aromatic rings. The van der Waals surface area contributed by atoms with Gasteiger partial charge in [0.25, 0.3) is 0 Å². The summed E-state index contributed by atoms with van der Waals surface area (Å²) in [6.07, 6.45) is 2.53. The van der Waals surface area contributed by atoms with Crippen LogP contribution in [-0.4, -0.2) is 65.2 Å². The number of unbranched alkanes of at least 4 members (excludes halogenated alkanes) is 1. The number of amides is 2. The minimum Gasteiger partial charge on any atom is -0.481 e. The molecule has 0 unspecified atom stereocenters. The van der Waals surface area contributed by atoms with Gasteiger partial charge in [-0.1, -0.05) is 0 Å². The van der Waals surface area contributed by atoms with Gasteiger partial charge in [0.1, 0.15) is 12.1 Å². The van der Waals surface area contributed by atoms with E-state index in [0.717, 1.165) is 13.0 Å². The van der Waals surface area contributed by atoms with E-state index in [0.29, 0.717) is 32.2 Å². The van der Waals surface area contributed by atoms with Gasteiger partial charge in [-0.25, -0.2) is 4.79 Å². The number of nitrogens with one attached hydrogen (secondary N) is 3. The summed E-state index contributed by atoms with van der Waals surface area (Å²) in [5.74, 6) is -3.39. The SMILES string of the molecule is NCCCC[C@H](NC(=O)[C@@H]1CCCN1)C(=O)N[C@@H](CCC(=O)O)C(=O)O. The van der Waals surface area contributed by atoms with Gasteiger partial charge >= 0.3 is 11.9 Å². The number of carbonyl (C=O) groups is 4. The number of nitrogens with two attached hydrogens (primary N) is 1. The molecule has 0 radical (unpaired) electrons. The van der Waals surface area contributed by atoms with E-state index < -0.39 is 29.9 Å². The smallest absolute Gasteiger partial charge is 0.326 e. The van der Waals surface area contributed by atoms with E-state index in [1.807, 2.05) is 0 Å². The second-order valence-corrected chi connectivity index (χ2v) is 6.33. The van der Waals surface area contributed by atoms with Crippen molar-refractivity contribution in [3.05, 3.63) is 0 Å². The number of carbonyl (C=O) groups excluding carboxylic acids is 2. The van der Waals surface area contributed by atoms with Crippen molar-refractivity contribution in [2.75, 3.05) is 13.1 Å². The summed E-state index contributed by atoms with van der Waals surface area (Å²) < 4.78 is 0. The summed E-state index contributed by atoms with van der Waals surface area (Å²) in [7, 11) is 0. The first-order valence-corrected chi connectivity index (χ1v) is 8.84. The largest absolute Gasteiger partial charge is 0.481 e. The van der Waals surface area contributed by atoms with Gasteiger partial charge in [-0.3, -0.25) is 14.4 Å². The van der Waals surface area contributed by atoms with Crippen molar-refractivity contribution in [2.24, 2.45) is 5.73 Å². The Morgan fingerprint density at radius 3 is 2.35 bits per heavy atom. The molecule has 2 amide bonds. The number of hydrogen-bond donors (Lipinski definition) is 6. The maximum atomic E-state index is 12.5. The van der Waals surface area contributed by atoms with E-state index in [4.69, 9.17) is 15.9 Å². The molecule has 7 N–H and O–H groups in total. The van der Waals surface area contributed by atoms with Crippen molar-refractivity contribution in [1.82, 2.24) is 16.0 Å². The first-order chi connectivity index (χ1) is 12.3. The Labute approximate surface area is 151 Å². The van der Waals surface area contributed by atoms with Crippen LogP contribution >= 0.6 is 0 Å². The molecule has 1 saturated heterocycles. The second-order valence-electron chi connectivity index (χ2n) is 6.33. The van der Waals surface area contributed by atoms with Gasteiger partial charge in [0.15, 0.2) is 0 Å². The molecule has 1 aliphatic rings. The minimum atomic E-state index is -1.32. The van der Waals surface area contributed by atoms with Crippen LogP contribution in [0.2, 0.25) is 0 Å². The zero-order valence-corrected chi connectivity index (χ0v) is 14.7. The number of carboxylic acid groups (broad SMARTS) is 2. The summed E-state index contributed by atoms with van der Waals surface area (Å²) in [5.41, 5.74) is 5.45. The third-order valence-corrected chi connectivity index (χ3v) is 4.22. The Hall–Kier alpha value is -2.20. The minimum absolute atomic E-state index is 0.232. The van der Waals surface area contributed by atoms with E-state index in [9.17, 15) is 19.2 Å². The Bertz CT molecular complexity index is 507. The third-order valence-electron chi connectivity index (χ3n) is 4.22. The Morgan fingerprint density at radius 2 is 1.81 bits per heavy atom. The standard InChI is InChI=1S/C16H28N4O6/c17-8-2-1-4-11(19-14(23)10-5-3-9-18-10)15(24)20-12(16(25)26)6-7-13(21)22/h10-12,18H,1-9,17H2,(H,19,23)(H,20,24)(H,21,22)(H,25,26)/t10-,11-,12-/m0/s1. The Balaban J connectivity index is 2.69. The molecule has 1 fully saturated rings. The van der Waals surface area contributed by atoms with Crippen LogP contribution < -0.4 is 21.7 Å². The topological polar surface area (TPSA) is 171 Å². The van der Waals surface area contributed by atoms with Gasteiger partial charge in [-0.2, -0.15) is 0 Å². The highest BCUT2D eigenvalue weighted by Crippen LogP contribution is 2.08. The maximum Gasteiger partial charge on any atom is 0.326 e. The molecule has 10 heteroatoms. The van der Waals surface area contributed by atoms with E-state index in [1.54, 1.807) is 0 Å². The fraction of sp³-hybridized carbons (Fsp3) is 0.750. The number of rotatable bonds is 12. The number of carboxylic acids is 2. The molecule has 0 spiro atoms. The van der Waals surface area contributed by atoms with Crippen molar-refractivity contribution in [2.45, 2.75) is 63.1 Å². The lowest BCUT2D eigenvalue weighted by atomic mass is 10.1. The summed E-state index contributed by atoms with van der Waals surface area (Å²) in [6.45, 7) is 1.18. The zero-order chi connectivity index (χ0) is 19.5. The third kappa shape index (κ3) is 7.79. The molecule has 1 heterocycles. The molecular weight excluding hydrogens is 344 g/mol. The first-order valence-electron chi connectivity index (χ1n) is 8.84. The molecule has 148 valence electrons. The highest BCUT2D eigenvalue weighted by molar-refractivity contribution is 5.92. The van der Waals surface area contributed by atoms with E-state index in [1.165, 1.54) is 0 Å². The van der Waals surface area contributed by atoms with Gasteiger partial charge in [0, 0.05) is 6.42 Å². The van der Waals surface area contributed by atoms with Crippen LogP contribution in [0.4, 0.5) is 0 Å². The average molecular weight is 372 g/mol. The van der Waals surface area contributed by atoms with Crippen molar-refractivity contribution in [3.8, 4) is 0 Å². The van der Waals surface area contributed by atoms with E-state index in [2.05, 4.69) is 16.0 Å². The molecule has 0 aliphatic carbocycles. The molecule has 0 bridgehead atoms. The van der Waals surface area contributed by atoms with Crippen molar-refractivity contribution >= 4 is 23.8 Å². The Morgan fingerprint density at radius 1 is 1.08 bits per heavy atom. The normalized spacial score (nSPS) is 18.7. The predicted octanol–water partition coefficient (Wildman–Crippen LogP) is -1.21. The lowest BCUT2D eigenvalue weighted by molar-refractivity contribution is -0.143. The van der Waals surface area contributed by atoms with Crippen LogP contribution in [0.3, 0.4) is 0 Å². The molecular formula is C16H28N4O6. The summed E-state index contributed by atoms with van der Waals surface area (Å²) in [5, 5.41) is 25.9.